The molecule has 210 valence electrons. The van der Waals surface area contributed by atoms with Crippen LogP contribution in [0.15, 0.2) is 36.4 Å². The van der Waals surface area contributed by atoms with Crippen molar-refractivity contribution in [1.82, 2.24) is 10.2 Å². The van der Waals surface area contributed by atoms with Gasteiger partial charge in [-0.1, -0.05) is 6.07 Å². The Kier molecular flexibility index (Phi) is 7.87. The van der Waals surface area contributed by atoms with Crippen LogP contribution in [0.5, 0.6) is 0 Å². The van der Waals surface area contributed by atoms with Crippen LogP contribution in [-0.4, -0.2) is 72.7 Å². The maximum absolute atomic E-state index is 14.8. The first-order chi connectivity index (χ1) is 18.3. The van der Waals surface area contributed by atoms with Crippen LogP contribution in [0.3, 0.4) is 0 Å². The molecular weight excluding hydrogens is 520 g/mol. The molecular formula is C27H30F4N4O4. The quantitative estimate of drug-likeness (QED) is 0.487. The number of carbonyl (C=O) groups is 3. The van der Waals surface area contributed by atoms with Crippen LogP contribution in [0, 0.1) is 17.7 Å². The number of carboxylic acid groups (broad SMARTS) is 1. The number of hydrogen-bond acceptors (Lipinski definition) is 5. The minimum atomic E-state index is -4.76. The standard InChI is InChI=1S/C27H30F4N4O4/c1-14-12-35(13-15(2)34(14)3)23-7-5-16(18-8-17(26(38)39)4-6-21(18)28)9-22(23)33-25(37)19-11-32-24(36)10-20(19)27(29,30)31/h4-9,14-15,19-20H,10-13H2,1-3H3,(H,32,36)(H,33,37)(H,38,39)/t14-,15+,19?,20?. The molecule has 2 heterocycles. The third-order valence-electron chi connectivity index (χ3n) is 7.65. The number of hydrogen-bond donors (Lipinski definition) is 3. The molecule has 0 bridgehead atoms. The number of nitrogens with zero attached hydrogens (tertiary/aromatic N) is 2. The van der Waals surface area contributed by atoms with Crippen LogP contribution >= 0.6 is 0 Å². The van der Waals surface area contributed by atoms with Gasteiger partial charge in [0.05, 0.1) is 28.8 Å². The lowest BCUT2D eigenvalue weighted by atomic mass is 9.84. The number of halogens is 4. The van der Waals surface area contributed by atoms with Crippen molar-refractivity contribution in [3.05, 3.63) is 47.8 Å². The second-order valence-corrected chi connectivity index (χ2v) is 10.3. The number of alkyl halides is 3. The van der Waals surface area contributed by atoms with Crippen molar-refractivity contribution in [2.75, 3.05) is 36.9 Å². The van der Waals surface area contributed by atoms with Crippen LogP contribution in [0.4, 0.5) is 28.9 Å². The number of rotatable bonds is 5. The molecule has 2 fully saturated rings. The second-order valence-electron chi connectivity index (χ2n) is 10.3. The molecule has 4 atom stereocenters. The highest BCUT2D eigenvalue weighted by atomic mass is 19.4. The van der Waals surface area contributed by atoms with Crippen molar-refractivity contribution in [1.29, 1.82) is 0 Å². The fourth-order valence-electron chi connectivity index (χ4n) is 5.19. The molecule has 2 aliphatic heterocycles. The Morgan fingerprint density at radius 1 is 1.08 bits per heavy atom. The smallest absolute Gasteiger partial charge is 0.393 e. The maximum Gasteiger partial charge on any atom is 0.393 e. The monoisotopic (exact) mass is 550 g/mol. The Bertz CT molecular complexity index is 1270. The summed E-state index contributed by atoms with van der Waals surface area (Å²) in [5.41, 5.74) is 0.773. The lowest BCUT2D eigenvalue weighted by Crippen LogP contribution is -2.55. The summed E-state index contributed by atoms with van der Waals surface area (Å²) in [4.78, 5) is 40.6. The molecule has 2 saturated heterocycles. The third kappa shape index (κ3) is 6.00. The van der Waals surface area contributed by atoms with Gasteiger partial charge in [0.15, 0.2) is 0 Å². The first kappa shape index (κ1) is 28.3. The summed E-state index contributed by atoms with van der Waals surface area (Å²) in [7, 11) is 1.99. The van der Waals surface area contributed by atoms with Gasteiger partial charge in [0, 0.05) is 43.7 Å². The zero-order valence-electron chi connectivity index (χ0n) is 21.7. The summed E-state index contributed by atoms with van der Waals surface area (Å²) >= 11 is 0. The van der Waals surface area contributed by atoms with Gasteiger partial charge in [0.25, 0.3) is 0 Å². The Labute approximate surface area is 223 Å². The first-order valence-corrected chi connectivity index (χ1v) is 12.5. The van der Waals surface area contributed by atoms with Gasteiger partial charge in [-0.15, -0.1) is 0 Å². The van der Waals surface area contributed by atoms with E-state index in [9.17, 15) is 37.1 Å². The number of likely N-dealkylation sites (N-methyl/N-ethyl adjacent to an activating group) is 1. The van der Waals surface area contributed by atoms with E-state index < -0.39 is 54.6 Å². The van der Waals surface area contributed by atoms with Crippen molar-refractivity contribution in [2.24, 2.45) is 11.8 Å². The lowest BCUT2D eigenvalue weighted by molar-refractivity contribution is -0.197. The Morgan fingerprint density at radius 3 is 2.36 bits per heavy atom. The maximum atomic E-state index is 14.8. The summed E-state index contributed by atoms with van der Waals surface area (Å²) < 4.78 is 55.9. The number of piperazine rings is 1. The van der Waals surface area contributed by atoms with Gasteiger partial charge >= 0.3 is 12.1 Å². The Morgan fingerprint density at radius 2 is 1.74 bits per heavy atom. The Hall–Kier alpha value is -3.67. The third-order valence-corrected chi connectivity index (χ3v) is 7.65. The second kappa shape index (κ2) is 10.8. The first-order valence-electron chi connectivity index (χ1n) is 12.5. The highest BCUT2D eigenvalue weighted by Gasteiger charge is 2.50. The molecule has 12 heteroatoms. The molecule has 2 unspecified atom stereocenters. The molecule has 0 radical (unpaired) electrons. The molecule has 0 saturated carbocycles. The lowest BCUT2D eigenvalue weighted by Gasteiger charge is -2.44. The highest BCUT2D eigenvalue weighted by Crippen LogP contribution is 2.39. The van der Waals surface area contributed by atoms with E-state index in [1.54, 1.807) is 12.1 Å². The van der Waals surface area contributed by atoms with Crippen molar-refractivity contribution < 1.29 is 37.1 Å². The van der Waals surface area contributed by atoms with Gasteiger partial charge in [-0.25, -0.2) is 9.18 Å². The van der Waals surface area contributed by atoms with Gasteiger partial charge in [-0.2, -0.15) is 13.2 Å². The van der Waals surface area contributed by atoms with E-state index >= 15 is 0 Å². The fourth-order valence-corrected chi connectivity index (χ4v) is 5.19. The highest BCUT2D eigenvalue weighted by molar-refractivity contribution is 5.98. The summed E-state index contributed by atoms with van der Waals surface area (Å²) in [6.07, 6.45) is -5.61. The van der Waals surface area contributed by atoms with E-state index in [0.29, 0.717) is 18.8 Å². The normalized spacial score (nSPS) is 24.3. The molecule has 0 aliphatic carbocycles. The zero-order valence-corrected chi connectivity index (χ0v) is 21.7. The van der Waals surface area contributed by atoms with E-state index in [4.69, 9.17) is 0 Å². The molecule has 3 N–H and O–H groups in total. The minimum absolute atomic E-state index is 0.0323. The minimum Gasteiger partial charge on any atom is -0.478 e. The van der Waals surface area contributed by atoms with Gasteiger partial charge in [-0.05, 0) is 56.8 Å². The molecule has 4 rings (SSSR count). The summed E-state index contributed by atoms with van der Waals surface area (Å²) in [5, 5.41) is 14.3. The molecule has 2 aromatic rings. The number of aromatic carboxylic acids is 1. The van der Waals surface area contributed by atoms with Crippen molar-refractivity contribution in [3.8, 4) is 11.1 Å². The van der Waals surface area contributed by atoms with E-state index in [-0.39, 0.29) is 34.5 Å². The summed E-state index contributed by atoms with van der Waals surface area (Å²) in [5.74, 6) is -7.36. The van der Waals surface area contributed by atoms with Gasteiger partial charge in [0.2, 0.25) is 11.8 Å². The average molecular weight is 551 g/mol. The topological polar surface area (TPSA) is 102 Å². The van der Waals surface area contributed by atoms with Crippen LogP contribution in [-0.2, 0) is 9.59 Å². The predicted molar refractivity (Wildman–Crippen MR) is 137 cm³/mol. The number of carbonyl (C=O) groups excluding carboxylic acids is 2. The van der Waals surface area contributed by atoms with Gasteiger partial charge in [0.1, 0.15) is 5.82 Å². The number of nitrogens with one attached hydrogen (secondary N) is 2. The van der Waals surface area contributed by atoms with Crippen molar-refractivity contribution in [3.63, 3.8) is 0 Å². The molecule has 0 spiro atoms. The number of benzene rings is 2. The number of amides is 2. The van der Waals surface area contributed by atoms with E-state index in [1.165, 1.54) is 6.07 Å². The van der Waals surface area contributed by atoms with E-state index in [0.717, 1.165) is 18.2 Å². The fraction of sp³-hybridized carbons (Fsp3) is 0.444. The molecule has 0 aromatic heterocycles. The van der Waals surface area contributed by atoms with Gasteiger partial charge in [-0.3, -0.25) is 14.5 Å². The zero-order chi connectivity index (χ0) is 28.6. The average Bonchev–Trinajstić information content (AvgIpc) is 2.86. The Balaban J connectivity index is 1.75. The van der Waals surface area contributed by atoms with Gasteiger partial charge < -0.3 is 20.6 Å². The van der Waals surface area contributed by atoms with Crippen molar-refractivity contribution in [2.45, 2.75) is 38.5 Å². The molecule has 2 amide bonds. The summed E-state index contributed by atoms with van der Waals surface area (Å²) in [6, 6.07) is 8.24. The number of piperidine rings is 1. The van der Waals surface area contributed by atoms with Crippen LogP contribution in [0.25, 0.3) is 11.1 Å². The van der Waals surface area contributed by atoms with Crippen LogP contribution < -0.4 is 15.5 Å². The van der Waals surface area contributed by atoms with Crippen molar-refractivity contribution >= 4 is 29.2 Å². The molecule has 39 heavy (non-hydrogen) atoms. The predicted octanol–water partition coefficient (Wildman–Crippen LogP) is 3.97. The summed E-state index contributed by atoms with van der Waals surface area (Å²) in [6.45, 7) is 4.72. The van der Waals surface area contributed by atoms with E-state index in [2.05, 4.69) is 15.5 Å². The van der Waals surface area contributed by atoms with Crippen LogP contribution in [0.2, 0.25) is 0 Å². The molecule has 2 aliphatic rings. The SMILES string of the molecule is C[C@@H]1CN(c2ccc(-c3cc(C(=O)O)ccc3F)cc2NC(=O)C2CNC(=O)CC2C(F)(F)F)C[C@H](C)N1C. The van der Waals surface area contributed by atoms with E-state index in [1.807, 2.05) is 25.8 Å². The van der Waals surface area contributed by atoms with Crippen LogP contribution in [0.1, 0.15) is 30.6 Å². The molecule has 2 aromatic carbocycles. The molecule has 8 nitrogen and oxygen atoms in total. The number of anilines is 2. The largest absolute Gasteiger partial charge is 0.478 e. The number of carboxylic acids is 1.